The molecule has 154 valence electrons. The van der Waals surface area contributed by atoms with E-state index in [1.54, 1.807) is 55.8 Å². The molecule has 1 N–H and O–H groups in total. The lowest BCUT2D eigenvalue weighted by Gasteiger charge is -2.12. The van der Waals surface area contributed by atoms with Crippen LogP contribution in [0.15, 0.2) is 65.8 Å². The van der Waals surface area contributed by atoms with Gasteiger partial charge in [-0.15, -0.1) is 0 Å². The van der Waals surface area contributed by atoms with E-state index in [0.29, 0.717) is 22.6 Å². The lowest BCUT2D eigenvalue weighted by molar-refractivity contribution is 0.0955. The third kappa shape index (κ3) is 5.91. The van der Waals surface area contributed by atoms with Crippen molar-refractivity contribution >= 4 is 57.3 Å². The Labute approximate surface area is 200 Å². The van der Waals surface area contributed by atoms with Crippen LogP contribution in [0.5, 0.6) is 11.5 Å². The molecule has 0 bridgehead atoms. The number of benzene rings is 3. The molecule has 0 aliphatic carbocycles. The van der Waals surface area contributed by atoms with Gasteiger partial charge < -0.3 is 9.47 Å². The highest BCUT2D eigenvalue weighted by atomic mass is 127. The van der Waals surface area contributed by atoms with E-state index in [0.717, 1.165) is 12.7 Å². The molecule has 8 heteroatoms. The predicted molar refractivity (Wildman–Crippen MR) is 131 cm³/mol. The van der Waals surface area contributed by atoms with Gasteiger partial charge in [0.05, 0.1) is 20.5 Å². The van der Waals surface area contributed by atoms with Crippen molar-refractivity contribution in [2.45, 2.75) is 6.61 Å². The average molecular weight is 630 g/mol. The van der Waals surface area contributed by atoms with Gasteiger partial charge in [-0.1, -0.05) is 18.2 Å². The van der Waals surface area contributed by atoms with E-state index in [2.05, 4.69) is 55.7 Å². The van der Waals surface area contributed by atoms with Crippen LogP contribution in [0, 0.1) is 13.0 Å². The van der Waals surface area contributed by atoms with Crippen molar-refractivity contribution in [2.75, 3.05) is 7.11 Å². The highest BCUT2D eigenvalue weighted by molar-refractivity contribution is 14.1. The summed E-state index contributed by atoms with van der Waals surface area (Å²) in [6.45, 7) is 0.143. The number of rotatable bonds is 7. The van der Waals surface area contributed by atoms with Gasteiger partial charge in [0.2, 0.25) is 0 Å². The van der Waals surface area contributed by atoms with Crippen molar-refractivity contribution in [3.05, 3.63) is 90.3 Å². The zero-order chi connectivity index (χ0) is 21.5. The van der Waals surface area contributed by atoms with E-state index in [-0.39, 0.29) is 18.3 Å². The largest absolute Gasteiger partial charge is 0.497 e. The Balaban J connectivity index is 1.64. The van der Waals surface area contributed by atoms with Gasteiger partial charge in [0, 0.05) is 11.1 Å². The van der Waals surface area contributed by atoms with E-state index < -0.39 is 0 Å². The minimum absolute atomic E-state index is 0.143. The number of hydrazone groups is 1. The number of nitrogens with zero attached hydrogens (tertiary/aromatic N) is 1. The third-order valence-corrected chi connectivity index (χ3v) is 5.68. The van der Waals surface area contributed by atoms with E-state index in [4.69, 9.17) is 9.47 Å². The number of ether oxygens (including phenoxy) is 2. The molecule has 30 heavy (non-hydrogen) atoms. The summed E-state index contributed by atoms with van der Waals surface area (Å²) >= 11 is 4.32. The highest BCUT2D eigenvalue weighted by Gasteiger charge is 2.10. The molecule has 1 amide bonds. The summed E-state index contributed by atoms with van der Waals surface area (Å²) in [5, 5.41) is 4.02. The van der Waals surface area contributed by atoms with Crippen LogP contribution in [0.4, 0.5) is 4.39 Å². The van der Waals surface area contributed by atoms with Gasteiger partial charge in [-0.2, -0.15) is 5.10 Å². The standard InChI is InChI=1S/C22H17FI2N2O3/c1-29-17-8-6-15(7-9-17)22(28)27-26-12-14-10-19(24)21(20(25)11-14)30-13-16-4-2-3-5-18(16)23/h2-12H,13H2,1H3,(H,27,28)/b26-12+. The molecule has 0 atom stereocenters. The molecule has 0 heterocycles. The summed E-state index contributed by atoms with van der Waals surface area (Å²) in [5.41, 5.74) is 4.28. The second-order valence-electron chi connectivity index (χ2n) is 6.12. The fourth-order valence-corrected chi connectivity index (χ4v) is 4.66. The molecule has 0 aromatic heterocycles. The molecule has 0 saturated carbocycles. The first kappa shape index (κ1) is 22.5. The van der Waals surface area contributed by atoms with Gasteiger partial charge in [-0.25, -0.2) is 9.82 Å². The number of carbonyl (C=O) groups excluding carboxylic acids is 1. The normalized spacial score (nSPS) is 10.8. The van der Waals surface area contributed by atoms with Crippen molar-refractivity contribution in [3.63, 3.8) is 0 Å². The van der Waals surface area contributed by atoms with Crippen molar-refractivity contribution in [2.24, 2.45) is 5.10 Å². The zero-order valence-electron chi connectivity index (χ0n) is 15.9. The van der Waals surface area contributed by atoms with Crippen molar-refractivity contribution in [3.8, 4) is 11.5 Å². The molecule has 0 radical (unpaired) electrons. The monoisotopic (exact) mass is 630 g/mol. The second kappa shape index (κ2) is 10.7. The number of methoxy groups -OCH3 is 1. The molecular weight excluding hydrogens is 613 g/mol. The first-order valence-corrected chi connectivity index (χ1v) is 11.0. The van der Waals surface area contributed by atoms with Crippen LogP contribution in [0.1, 0.15) is 21.5 Å². The smallest absolute Gasteiger partial charge is 0.271 e. The quantitative estimate of drug-likeness (QED) is 0.217. The Bertz CT molecular complexity index is 1050. The summed E-state index contributed by atoms with van der Waals surface area (Å²) in [6.07, 6.45) is 1.56. The molecule has 0 aliphatic rings. The Morgan fingerprint density at radius 3 is 2.40 bits per heavy atom. The Morgan fingerprint density at radius 1 is 1.10 bits per heavy atom. The molecule has 0 saturated heterocycles. The van der Waals surface area contributed by atoms with Gasteiger partial charge in [-0.05, 0) is 93.2 Å². The molecular formula is C22H17FI2N2O3. The van der Waals surface area contributed by atoms with Crippen LogP contribution in [0.2, 0.25) is 0 Å². The van der Waals surface area contributed by atoms with Crippen LogP contribution in [-0.2, 0) is 6.61 Å². The predicted octanol–water partition coefficient (Wildman–Crippen LogP) is 5.39. The van der Waals surface area contributed by atoms with Crippen LogP contribution < -0.4 is 14.9 Å². The maximum atomic E-state index is 13.8. The number of nitrogens with one attached hydrogen (secondary N) is 1. The fraction of sp³-hybridized carbons (Fsp3) is 0.0909. The SMILES string of the molecule is COc1ccc(C(=O)N/N=C/c2cc(I)c(OCc3ccccc3F)c(I)c2)cc1. The van der Waals surface area contributed by atoms with Crippen molar-refractivity contribution in [1.29, 1.82) is 0 Å². The fourth-order valence-electron chi connectivity index (χ4n) is 2.53. The highest BCUT2D eigenvalue weighted by Crippen LogP contribution is 2.29. The third-order valence-electron chi connectivity index (χ3n) is 4.08. The van der Waals surface area contributed by atoms with Crippen LogP contribution >= 0.6 is 45.2 Å². The molecule has 0 aliphatic heterocycles. The Morgan fingerprint density at radius 2 is 1.77 bits per heavy atom. The van der Waals surface area contributed by atoms with E-state index in [9.17, 15) is 9.18 Å². The average Bonchev–Trinajstić information content (AvgIpc) is 2.74. The summed E-state index contributed by atoms with van der Waals surface area (Å²) in [4.78, 5) is 12.2. The summed E-state index contributed by atoms with van der Waals surface area (Å²) in [7, 11) is 1.57. The van der Waals surface area contributed by atoms with Gasteiger partial charge in [0.15, 0.2) is 0 Å². The Kier molecular flexibility index (Phi) is 8.02. The van der Waals surface area contributed by atoms with Gasteiger partial charge in [0.25, 0.3) is 5.91 Å². The van der Waals surface area contributed by atoms with Gasteiger partial charge in [-0.3, -0.25) is 4.79 Å². The lowest BCUT2D eigenvalue weighted by atomic mass is 10.2. The van der Waals surface area contributed by atoms with Gasteiger partial charge in [0.1, 0.15) is 23.9 Å². The summed E-state index contributed by atoms with van der Waals surface area (Å²) in [5.74, 6) is 0.748. The molecule has 0 unspecified atom stereocenters. The molecule has 5 nitrogen and oxygen atoms in total. The Hall–Kier alpha value is -2.21. The minimum Gasteiger partial charge on any atom is -0.497 e. The first-order valence-electron chi connectivity index (χ1n) is 8.80. The van der Waals surface area contributed by atoms with Crippen LogP contribution in [0.25, 0.3) is 0 Å². The van der Waals surface area contributed by atoms with Crippen LogP contribution in [0.3, 0.4) is 0 Å². The minimum atomic E-state index is -0.317. The molecule has 3 aromatic rings. The van der Waals surface area contributed by atoms with Crippen molar-refractivity contribution in [1.82, 2.24) is 5.43 Å². The molecule has 0 spiro atoms. The van der Waals surface area contributed by atoms with E-state index in [1.165, 1.54) is 6.07 Å². The maximum absolute atomic E-state index is 13.8. The summed E-state index contributed by atoms with van der Waals surface area (Å²) in [6, 6.07) is 17.0. The lowest BCUT2D eigenvalue weighted by Crippen LogP contribution is -2.17. The molecule has 3 aromatic carbocycles. The number of amides is 1. The summed E-state index contributed by atoms with van der Waals surface area (Å²) < 4.78 is 26.4. The number of hydrogen-bond acceptors (Lipinski definition) is 4. The van der Waals surface area contributed by atoms with Crippen LogP contribution in [-0.4, -0.2) is 19.2 Å². The number of halogens is 3. The van der Waals surface area contributed by atoms with E-state index >= 15 is 0 Å². The number of hydrogen-bond donors (Lipinski definition) is 1. The number of carbonyl (C=O) groups is 1. The molecule has 3 rings (SSSR count). The van der Waals surface area contributed by atoms with Gasteiger partial charge >= 0.3 is 0 Å². The zero-order valence-corrected chi connectivity index (χ0v) is 20.2. The van der Waals surface area contributed by atoms with Crippen molar-refractivity contribution < 1.29 is 18.7 Å². The topological polar surface area (TPSA) is 59.9 Å². The van der Waals surface area contributed by atoms with E-state index in [1.807, 2.05) is 12.1 Å². The second-order valence-corrected chi connectivity index (χ2v) is 8.45. The molecule has 0 fully saturated rings. The first-order chi connectivity index (χ1) is 14.5. The maximum Gasteiger partial charge on any atom is 0.271 e.